The lowest BCUT2D eigenvalue weighted by atomic mass is 10.0. The van der Waals surface area contributed by atoms with Crippen LogP contribution >= 0.6 is 24.8 Å². The number of carbonyl (C=O) groups excluding carboxylic acids is 1. The SMILES string of the molecule is Cc1ccc(N)cc1C(=O)NCCN1CCC(N(C)C)CC1.Cl.Cl. The summed E-state index contributed by atoms with van der Waals surface area (Å²) in [5.74, 6) is -0.0343. The summed E-state index contributed by atoms with van der Waals surface area (Å²) in [6.07, 6.45) is 2.41. The number of halogens is 2. The fourth-order valence-corrected chi connectivity index (χ4v) is 2.97. The molecule has 0 bridgehead atoms. The van der Waals surface area contributed by atoms with Gasteiger partial charge in [0.25, 0.3) is 5.91 Å². The molecule has 0 radical (unpaired) electrons. The zero-order valence-corrected chi connectivity index (χ0v) is 16.4. The van der Waals surface area contributed by atoms with Crippen LogP contribution < -0.4 is 11.1 Å². The minimum absolute atomic E-state index is 0. The van der Waals surface area contributed by atoms with Crippen LogP contribution in [-0.4, -0.2) is 62.0 Å². The highest BCUT2D eigenvalue weighted by atomic mass is 35.5. The molecule has 0 saturated carbocycles. The van der Waals surface area contributed by atoms with E-state index in [-0.39, 0.29) is 30.7 Å². The van der Waals surface area contributed by atoms with Crippen molar-refractivity contribution >= 4 is 36.4 Å². The quantitative estimate of drug-likeness (QED) is 0.773. The maximum atomic E-state index is 12.2. The van der Waals surface area contributed by atoms with Crippen molar-refractivity contribution in [1.29, 1.82) is 0 Å². The van der Waals surface area contributed by atoms with Crippen LogP contribution in [0, 0.1) is 6.92 Å². The Kier molecular flexibility index (Phi) is 10.3. The number of nitrogens with zero attached hydrogens (tertiary/aromatic N) is 2. The van der Waals surface area contributed by atoms with Gasteiger partial charge in [-0.3, -0.25) is 4.79 Å². The Balaban J connectivity index is 0.00000264. The molecule has 7 heteroatoms. The number of likely N-dealkylation sites (tertiary alicyclic amines) is 1. The predicted molar refractivity (Wildman–Crippen MR) is 106 cm³/mol. The standard InChI is InChI=1S/C17H28N4O.2ClH/c1-13-4-5-14(18)12-16(13)17(22)19-8-11-21-9-6-15(7-10-21)20(2)3;;/h4-5,12,15H,6-11,18H2,1-3H3,(H,19,22);2*1H. The summed E-state index contributed by atoms with van der Waals surface area (Å²) >= 11 is 0. The van der Waals surface area contributed by atoms with Crippen LogP contribution in [0.5, 0.6) is 0 Å². The number of nitrogens with one attached hydrogen (secondary N) is 1. The van der Waals surface area contributed by atoms with E-state index in [2.05, 4.69) is 29.2 Å². The van der Waals surface area contributed by atoms with Gasteiger partial charge in [-0.05, 0) is 64.6 Å². The molecule has 1 aliphatic heterocycles. The Morgan fingerprint density at radius 1 is 1.29 bits per heavy atom. The zero-order valence-electron chi connectivity index (χ0n) is 14.7. The van der Waals surface area contributed by atoms with Gasteiger partial charge >= 0.3 is 0 Å². The Morgan fingerprint density at radius 3 is 2.50 bits per heavy atom. The molecular formula is C17H30Cl2N4O. The first-order valence-electron chi connectivity index (χ1n) is 8.00. The van der Waals surface area contributed by atoms with Crippen LogP contribution in [0.2, 0.25) is 0 Å². The predicted octanol–water partition coefficient (Wildman–Crippen LogP) is 2.18. The normalized spacial score (nSPS) is 15.5. The number of benzene rings is 1. The number of nitrogen functional groups attached to an aromatic ring is 1. The molecule has 0 unspecified atom stereocenters. The van der Waals surface area contributed by atoms with E-state index in [1.165, 1.54) is 12.8 Å². The van der Waals surface area contributed by atoms with Gasteiger partial charge in [-0.1, -0.05) is 6.07 Å². The second-order valence-corrected chi connectivity index (χ2v) is 6.37. The first kappa shape index (κ1) is 23.0. The molecule has 1 aromatic rings. The first-order valence-corrected chi connectivity index (χ1v) is 8.00. The highest BCUT2D eigenvalue weighted by molar-refractivity contribution is 5.96. The molecule has 0 aliphatic carbocycles. The topological polar surface area (TPSA) is 61.6 Å². The van der Waals surface area contributed by atoms with Gasteiger partial charge in [0.15, 0.2) is 0 Å². The molecule has 3 N–H and O–H groups in total. The summed E-state index contributed by atoms with van der Waals surface area (Å²) in [6, 6.07) is 6.14. The summed E-state index contributed by atoms with van der Waals surface area (Å²) in [6.45, 7) is 5.74. The monoisotopic (exact) mass is 376 g/mol. The number of nitrogens with two attached hydrogens (primary N) is 1. The maximum absolute atomic E-state index is 12.2. The third-order valence-corrected chi connectivity index (χ3v) is 4.51. The molecule has 1 amide bonds. The highest BCUT2D eigenvalue weighted by Gasteiger charge is 2.20. The molecule has 5 nitrogen and oxygen atoms in total. The average molecular weight is 377 g/mol. The summed E-state index contributed by atoms with van der Waals surface area (Å²) < 4.78 is 0. The minimum Gasteiger partial charge on any atom is -0.399 e. The third kappa shape index (κ3) is 6.48. The van der Waals surface area contributed by atoms with Gasteiger partial charge in [0, 0.05) is 30.4 Å². The average Bonchev–Trinajstić information content (AvgIpc) is 2.50. The van der Waals surface area contributed by atoms with Gasteiger partial charge in [-0.2, -0.15) is 0 Å². The van der Waals surface area contributed by atoms with Crippen molar-refractivity contribution < 1.29 is 4.79 Å². The number of piperidine rings is 1. The number of rotatable bonds is 5. The van der Waals surface area contributed by atoms with Crippen LogP contribution in [0.3, 0.4) is 0 Å². The van der Waals surface area contributed by atoms with Crippen LogP contribution in [-0.2, 0) is 0 Å². The summed E-state index contributed by atoms with van der Waals surface area (Å²) in [4.78, 5) is 16.9. The van der Waals surface area contributed by atoms with Crippen molar-refractivity contribution in [3.63, 3.8) is 0 Å². The van der Waals surface area contributed by atoms with Crippen molar-refractivity contribution in [1.82, 2.24) is 15.1 Å². The van der Waals surface area contributed by atoms with Gasteiger partial charge in [0.1, 0.15) is 0 Å². The van der Waals surface area contributed by atoms with Gasteiger partial charge in [-0.15, -0.1) is 24.8 Å². The van der Waals surface area contributed by atoms with Gasteiger partial charge in [0.05, 0.1) is 0 Å². The number of anilines is 1. The molecule has 0 atom stereocenters. The molecular weight excluding hydrogens is 347 g/mol. The van der Waals surface area contributed by atoms with Crippen molar-refractivity contribution in [2.75, 3.05) is 46.0 Å². The van der Waals surface area contributed by atoms with Crippen molar-refractivity contribution in [3.05, 3.63) is 29.3 Å². The highest BCUT2D eigenvalue weighted by Crippen LogP contribution is 2.14. The molecule has 1 fully saturated rings. The van der Waals surface area contributed by atoms with Crippen LogP contribution in [0.1, 0.15) is 28.8 Å². The Bertz CT molecular complexity index is 517. The van der Waals surface area contributed by atoms with Gasteiger partial charge < -0.3 is 20.9 Å². The second kappa shape index (κ2) is 10.8. The molecule has 138 valence electrons. The minimum atomic E-state index is -0.0343. The molecule has 1 saturated heterocycles. The Hall–Kier alpha value is -1.01. The number of aryl methyl sites for hydroxylation is 1. The molecule has 1 aromatic carbocycles. The Morgan fingerprint density at radius 2 is 1.92 bits per heavy atom. The largest absolute Gasteiger partial charge is 0.399 e. The third-order valence-electron chi connectivity index (χ3n) is 4.51. The van der Waals surface area contributed by atoms with E-state index in [0.717, 1.165) is 25.2 Å². The van der Waals surface area contributed by atoms with Crippen LogP contribution in [0.15, 0.2) is 18.2 Å². The molecule has 1 aliphatic rings. The van der Waals surface area contributed by atoms with E-state index >= 15 is 0 Å². The zero-order chi connectivity index (χ0) is 16.1. The van der Waals surface area contributed by atoms with E-state index in [1.54, 1.807) is 6.07 Å². The lowest BCUT2D eigenvalue weighted by molar-refractivity contribution is 0.0940. The van der Waals surface area contributed by atoms with E-state index in [1.807, 2.05) is 19.1 Å². The van der Waals surface area contributed by atoms with Crippen molar-refractivity contribution in [3.8, 4) is 0 Å². The van der Waals surface area contributed by atoms with Gasteiger partial charge in [-0.25, -0.2) is 0 Å². The number of hydrogen-bond acceptors (Lipinski definition) is 4. The molecule has 2 rings (SSSR count). The van der Waals surface area contributed by atoms with Crippen molar-refractivity contribution in [2.45, 2.75) is 25.8 Å². The van der Waals surface area contributed by atoms with E-state index in [4.69, 9.17) is 5.73 Å². The summed E-state index contributed by atoms with van der Waals surface area (Å²) in [5, 5.41) is 3.00. The number of hydrogen-bond donors (Lipinski definition) is 2. The second-order valence-electron chi connectivity index (χ2n) is 6.37. The van der Waals surface area contributed by atoms with Gasteiger partial charge in [0.2, 0.25) is 0 Å². The molecule has 1 heterocycles. The summed E-state index contributed by atoms with van der Waals surface area (Å²) in [7, 11) is 4.29. The lowest BCUT2D eigenvalue weighted by Crippen LogP contribution is -2.44. The fraction of sp³-hybridized carbons (Fsp3) is 0.588. The van der Waals surface area contributed by atoms with Crippen LogP contribution in [0.4, 0.5) is 5.69 Å². The van der Waals surface area contributed by atoms with Crippen molar-refractivity contribution in [2.24, 2.45) is 0 Å². The van der Waals surface area contributed by atoms with E-state index < -0.39 is 0 Å². The number of amides is 1. The molecule has 24 heavy (non-hydrogen) atoms. The smallest absolute Gasteiger partial charge is 0.251 e. The van der Waals surface area contributed by atoms with Crippen LogP contribution in [0.25, 0.3) is 0 Å². The fourth-order valence-electron chi connectivity index (χ4n) is 2.97. The summed E-state index contributed by atoms with van der Waals surface area (Å²) in [5.41, 5.74) is 8.01. The maximum Gasteiger partial charge on any atom is 0.251 e. The Labute approximate surface area is 157 Å². The number of carbonyl (C=O) groups is 1. The molecule has 0 aromatic heterocycles. The van der Waals surface area contributed by atoms with E-state index in [9.17, 15) is 4.79 Å². The first-order chi connectivity index (χ1) is 10.5. The molecule has 0 spiro atoms. The van der Waals surface area contributed by atoms with E-state index in [0.29, 0.717) is 23.8 Å². The lowest BCUT2D eigenvalue weighted by Gasteiger charge is -2.35.